The van der Waals surface area contributed by atoms with Gasteiger partial charge in [-0.3, -0.25) is 4.99 Å². The number of hydrogen-bond acceptors (Lipinski definition) is 5. The highest BCUT2D eigenvalue weighted by Gasteiger charge is 2.14. The second-order valence-corrected chi connectivity index (χ2v) is 8.59. The first-order valence-corrected chi connectivity index (χ1v) is 11.6. The number of fused-ring (bicyclic) bond motifs is 1. The van der Waals surface area contributed by atoms with Gasteiger partial charge in [0.15, 0.2) is 0 Å². The van der Waals surface area contributed by atoms with Crippen LogP contribution in [0.1, 0.15) is 36.0 Å². The van der Waals surface area contributed by atoms with Crippen LogP contribution in [-0.4, -0.2) is 62.6 Å². The molecule has 0 atom stereocenters. The Morgan fingerprint density at radius 3 is 2.62 bits per heavy atom. The molecule has 0 unspecified atom stereocenters. The van der Waals surface area contributed by atoms with Gasteiger partial charge in [-0.1, -0.05) is 24.3 Å². The molecule has 0 spiro atoms. The van der Waals surface area contributed by atoms with Crippen molar-refractivity contribution in [1.29, 1.82) is 0 Å². The SMILES string of the molecule is CN1CCN(c2ccc(NC=C3CN=Cc4ccc(C=CCCCCO)cc43)cc2)CC1. The zero-order valence-electron chi connectivity index (χ0n) is 19.0. The summed E-state index contributed by atoms with van der Waals surface area (Å²) in [7, 11) is 2.18. The summed E-state index contributed by atoms with van der Waals surface area (Å²) in [4.78, 5) is 9.36. The molecule has 2 aliphatic heterocycles. The van der Waals surface area contributed by atoms with Crippen molar-refractivity contribution >= 4 is 29.2 Å². The van der Waals surface area contributed by atoms with Crippen molar-refractivity contribution in [3.63, 3.8) is 0 Å². The average molecular weight is 431 g/mol. The average Bonchev–Trinajstić information content (AvgIpc) is 2.83. The fourth-order valence-corrected chi connectivity index (χ4v) is 4.12. The van der Waals surface area contributed by atoms with Crippen LogP contribution in [-0.2, 0) is 0 Å². The maximum atomic E-state index is 8.91. The largest absolute Gasteiger partial charge is 0.396 e. The summed E-state index contributed by atoms with van der Waals surface area (Å²) >= 11 is 0. The lowest BCUT2D eigenvalue weighted by molar-refractivity contribution is 0.285. The summed E-state index contributed by atoms with van der Waals surface area (Å²) in [6.07, 6.45) is 11.3. The number of hydrogen-bond donors (Lipinski definition) is 2. The number of nitrogens with one attached hydrogen (secondary N) is 1. The molecular formula is C27H34N4O. The lowest BCUT2D eigenvalue weighted by Gasteiger charge is -2.34. The van der Waals surface area contributed by atoms with Crippen LogP contribution in [0.25, 0.3) is 11.6 Å². The topological polar surface area (TPSA) is 51.1 Å². The number of nitrogens with zero attached hydrogens (tertiary/aromatic N) is 3. The lowest BCUT2D eigenvalue weighted by atomic mass is 9.96. The van der Waals surface area contributed by atoms with Crippen molar-refractivity contribution in [1.82, 2.24) is 4.90 Å². The maximum Gasteiger partial charge on any atom is 0.0660 e. The van der Waals surface area contributed by atoms with Gasteiger partial charge in [-0.25, -0.2) is 0 Å². The fourth-order valence-electron chi connectivity index (χ4n) is 4.12. The van der Waals surface area contributed by atoms with E-state index in [1.807, 2.05) is 6.21 Å². The highest BCUT2D eigenvalue weighted by atomic mass is 16.2. The first kappa shape index (κ1) is 22.3. The maximum absolute atomic E-state index is 8.91. The van der Waals surface area contributed by atoms with E-state index < -0.39 is 0 Å². The van der Waals surface area contributed by atoms with Crippen LogP contribution < -0.4 is 10.2 Å². The van der Waals surface area contributed by atoms with Gasteiger partial charge >= 0.3 is 0 Å². The molecule has 0 aromatic heterocycles. The number of benzene rings is 2. The molecule has 0 amide bonds. The highest BCUT2D eigenvalue weighted by molar-refractivity contribution is 5.93. The van der Waals surface area contributed by atoms with Crippen molar-refractivity contribution in [2.75, 3.05) is 56.6 Å². The number of aliphatic hydroxyl groups is 1. The van der Waals surface area contributed by atoms with E-state index in [4.69, 9.17) is 5.11 Å². The zero-order chi connectivity index (χ0) is 22.2. The van der Waals surface area contributed by atoms with Crippen molar-refractivity contribution in [3.05, 3.63) is 71.4 Å². The van der Waals surface area contributed by atoms with Crippen LogP contribution in [0, 0.1) is 0 Å². The van der Waals surface area contributed by atoms with Gasteiger partial charge < -0.3 is 20.2 Å². The van der Waals surface area contributed by atoms with E-state index in [0.717, 1.165) is 56.7 Å². The Hall–Kier alpha value is -2.89. The molecule has 168 valence electrons. The van der Waals surface area contributed by atoms with E-state index in [1.165, 1.54) is 22.4 Å². The summed E-state index contributed by atoms with van der Waals surface area (Å²) in [5.74, 6) is 0. The molecule has 32 heavy (non-hydrogen) atoms. The van der Waals surface area contributed by atoms with E-state index >= 15 is 0 Å². The summed E-state index contributed by atoms with van der Waals surface area (Å²) in [6, 6.07) is 15.3. The molecule has 0 bridgehead atoms. The molecular weight excluding hydrogens is 396 g/mol. The minimum Gasteiger partial charge on any atom is -0.396 e. The minimum atomic E-state index is 0.270. The summed E-state index contributed by atoms with van der Waals surface area (Å²) < 4.78 is 0. The summed E-state index contributed by atoms with van der Waals surface area (Å²) in [5.41, 5.74) is 7.17. The number of unbranched alkanes of at least 4 members (excludes halogenated alkanes) is 2. The van der Waals surface area contributed by atoms with Gasteiger partial charge in [0.2, 0.25) is 0 Å². The van der Waals surface area contributed by atoms with Crippen molar-refractivity contribution in [2.24, 2.45) is 4.99 Å². The number of aliphatic imine (C=N–C) groups is 1. The Kier molecular flexibility index (Phi) is 7.75. The molecule has 1 saturated heterocycles. The monoisotopic (exact) mass is 430 g/mol. The second-order valence-electron chi connectivity index (χ2n) is 8.59. The normalized spacial score (nSPS) is 17.8. The van der Waals surface area contributed by atoms with Gasteiger partial charge in [0.1, 0.15) is 0 Å². The standard InChI is InChI=1S/C27H34N4O/c1-30-13-15-31(16-14-30)26-11-9-25(10-12-26)29-21-24-20-28-19-23-8-7-22(18-27(23)24)6-4-2-3-5-17-32/h4,6-12,18-19,21,29,32H,2-3,5,13-17,20H2,1H3. The van der Waals surface area contributed by atoms with E-state index in [9.17, 15) is 0 Å². The molecule has 2 aromatic rings. The molecule has 2 aromatic carbocycles. The molecule has 1 fully saturated rings. The molecule has 2 aliphatic rings. The van der Waals surface area contributed by atoms with Gasteiger partial charge in [0.25, 0.3) is 0 Å². The number of anilines is 2. The van der Waals surface area contributed by atoms with Crippen LogP contribution in [0.3, 0.4) is 0 Å². The first-order chi connectivity index (χ1) is 15.7. The van der Waals surface area contributed by atoms with Gasteiger partial charge in [-0.15, -0.1) is 0 Å². The molecule has 0 saturated carbocycles. The quantitative estimate of drug-likeness (QED) is 0.606. The smallest absolute Gasteiger partial charge is 0.0660 e. The Morgan fingerprint density at radius 2 is 1.84 bits per heavy atom. The Bertz CT molecular complexity index is 970. The van der Waals surface area contributed by atoms with Crippen LogP contribution in [0.2, 0.25) is 0 Å². The van der Waals surface area contributed by atoms with E-state index in [-0.39, 0.29) is 6.61 Å². The molecule has 2 heterocycles. The Labute approximate surface area is 191 Å². The number of piperazine rings is 1. The van der Waals surface area contributed by atoms with Crippen molar-refractivity contribution in [3.8, 4) is 0 Å². The molecule has 4 rings (SSSR count). The Balaban J connectivity index is 1.41. The Morgan fingerprint density at radius 1 is 1.03 bits per heavy atom. The molecule has 0 aliphatic carbocycles. The number of aliphatic hydroxyl groups excluding tert-OH is 1. The van der Waals surface area contributed by atoms with E-state index in [2.05, 4.69) is 88.0 Å². The third kappa shape index (κ3) is 5.87. The minimum absolute atomic E-state index is 0.270. The molecule has 0 radical (unpaired) electrons. The molecule has 5 heteroatoms. The third-order valence-corrected chi connectivity index (χ3v) is 6.15. The second kappa shape index (κ2) is 11.1. The summed E-state index contributed by atoms with van der Waals surface area (Å²) in [5, 5.41) is 12.4. The number of likely N-dealkylation sites (N-methyl/N-ethyl adjacent to an activating group) is 1. The first-order valence-electron chi connectivity index (χ1n) is 11.6. The van der Waals surface area contributed by atoms with Gasteiger partial charge in [0.05, 0.1) is 6.54 Å². The predicted molar refractivity (Wildman–Crippen MR) is 137 cm³/mol. The molecule has 5 nitrogen and oxygen atoms in total. The highest BCUT2D eigenvalue weighted by Crippen LogP contribution is 2.25. The fraction of sp³-hybridized carbons (Fsp3) is 0.370. The van der Waals surface area contributed by atoms with Crippen LogP contribution >= 0.6 is 0 Å². The molecule has 2 N–H and O–H groups in total. The third-order valence-electron chi connectivity index (χ3n) is 6.15. The van der Waals surface area contributed by atoms with E-state index in [0.29, 0.717) is 6.54 Å². The van der Waals surface area contributed by atoms with Crippen LogP contribution in [0.4, 0.5) is 11.4 Å². The van der Waals surface area contributed by atoms with Crippen LogP contribution in [0.5, 0.6) is 0 Å². The van der Waals surface area contributed by atoms with Gasteiger partial charge in [0, 0.05) is 56.6 Å². The summed E-state index contributed by atoms with van der Waals surface area (Å²) in [6.45, 7) is 5.35. The lowest BCUT2D eigenvalue weighted by Crippen LogP contribution is -2.44. The van der Waals surface area contributed by atoms with Gasteiger partial charge in [-0.2, -0.15) is 0 Å². The predicted octanol–water partition coefficient (Wildman–Crippen LogP) is 4.50. The van der Waals surface area contributed by atoms with Crippen molar-refractivity contribution in [2.45, 2.75) is 19.3 Å². The zero-order valence-corrected chi connectivity index (χ0v) is 19.0. The number of rotatable bonds is 8. The van der Waals surface area contributed by atoms with E-state index in [1.54, 1.807) is 0 Å². The van der Waals surface area contributed by atoms with Crippen molar-refractivity contribution < 1.29 is 5.11 Å². The van der Waals surface area contributed by atoms with Gasteiger partial charge in [-0.05, 0) is 78.9 Å². The number of allylic oxidation sites excluding steroid dienone is 1. The van der Waals surface area contributed by atoms with Crippen LogP contribution in [0.15, 0.2) is 59.7 Å².